The zero-order valence-corrected chi connectivity index (χ0v) is 31.9. The summed E-state index contributed by atoms with van der Waals surface area (Å²) in [5.74, 6) is -0.914. The standard InChI is InChI=1S/C39H76N2O5.ClH/c1-4-6-8-10-12-14-16-18-20-22-24-26-28-30-37(44)35(33-42)41(39(46)32-40-3)36(34-43)38(45)31-29-27-25-23-21-19-17-15-13-11-9-7-5-2;/h35-36,40,42-43H,4-34H2,1-3H3;1H. The number of rotatable bonds is 36. The lowest BCUT2D eigenvalue weighted by molar-refractivity contribution is -0.149. The lowest BCUT2D eigenvalue weighted by atomic mass is 9.98. The van der Waals surface area contributed by atoms with Gasteiger partial charge in [-0.3, -0.25) is 14.4 Å². The van der Waals surface area contributed by atoms with Crippen molar-refractivity contribution in [2.45, 2.75) is 206 Å². The molecule has 2 atom stereocenters. The van der Waals surface area contributed by atoms with Gasteiger partial charge in [0.15, 0.2) is 11.6 Å². The number of nitrogens with zero attached hydrogens (tertiary/aromatic N) is 1. The van der Waals surface area contributed by atoms with Gasteiger partial charge in [0.25, 0.3) is 0 Å². The van der Waals surface area contributed by atoms with E-state index in [1.54, 1.807) is 7.05 Å². The molecule has 0 saturated carbocycles. The van der Waals surface area contributed by atoms with E-state index in [0.29, 0.717) is 12.8 Å². The van der Waals surface area contributed by atoms with E-state index in [9.17, 15) is 24.6 Å². The van der Waals surface area contributed by atoms with Crippen LogP contribution in [-0.4, -0.2) is 71.5 Å². The highest BCUT2D eigenvalue weighted by Crippen LogP contribution is 2.18. The van der Waals surface area contributed by atoms with Crippen LogP contribution in [0.2, 0.25) is 0 Å². The second-order valence-corrected chi connectivity index (χ2v) is 13.6. The molecule has 0 fully saturated rings. The number of unbranched alkanes of at least 4 members (excludes halogenated alkanes) is 24. The smallest absolute Gasteiger partial charge is 0.237 e. The molecule has 0 heterocycles. The minimum atomic E-state index is -1.11. The first kappa shape index (κ1) is 48.1. The molecule has 280 valence electrons. The number of carbonyl (C=O) groups is 3. The third-order valence-electron chi connectivity index (χ3n) is 9.43. The predicted molar refractivity (Wildman–Crippen MR) is 200 cm³/mol. The van der Waals surface area contributed by atoms with Gasteiger partial charge in [0.05, 0.1) is 19.8 Å². The number of aliphatic hydroxyl groups is 2. The van der Waals surface area contributed by atoms with Crippen molar-refractivity contribution in [2.75, 3.05) is 26.8 Å². The van der Waals surface area contributed by atoms with E-state index in [1.807, 2.05) is 0 Å². The first-order valence-electron chi connectivity index (χ1n) is 19.7. The van der Waals surface area contributed by atoms with Crippen LogP contribution in [0.1, 0.15) is 194 Å². The van der Waals surface area contributed by atoms with Gasteiger partial charge in [-0.25, -0.2) is 0 Å². The summed E-state index contributed by atoms with van der Waals surface area (Å²) >= 11 is 0. The summed E-state index contributed by atoms with van der Waals surface area (Å²) in [5.41, 5.74) is 0. The molecule has 0 spiro atoms. The Labute approximate surface area is 296 Å². The Kier molecular flexibility index (Phi) is 37.1. The second kappa shape index (κ2) is 36.3. The number of hydrogen-bond donors (Lipinski definition) is 3. The van der Waals surface area contributed by atoms with Gasteiger partial charge in [-0.05, 0) is 19.9 Å². The molecule has 0 radical (unpaired) electrons. The van der Waals surface area contributed by atoms with Crippen LogP contribution in [0.25, 0.3) is 0 Å². The fraction of sp³-hybridized carbons (Fsp3) is 0.923. The lowest BCUT2D eigenvalue weighted by Crippen LogP contribution is -2.58. The number of aliphatic hydroxyl groups excluding tert-OH is 2. The Hall–Kier alpha value is -1.02. The van der Waals surface area contributed by atoms with Crippen LogP contribution >= 0.6 is 12.4 Å². The lowest BCUT2D eigenvalue weighted by Gasteiger charge is -2.35. The van der Waals surface area contributed by atoms with Crippen molar-refractivity contribution >= 4 is 29.9 Å². The number of carbonyl (C=O) groups excluding carboxylic acids is 3. The Balaban J connectivity index is 0. The quantitative estimate of drug-likeness (QED) is 0.0567. The molecule has 8 heteroatoms. The number of ketones is 2. The third-order valence-corrected chi connectivity index (χ3v) is 9.43. The van der Waals surface area contributed by atoms with Gasteiger partial charge in [-0.1, -0.05) is 168 Å². The Morgan fingerprint density at radius 3 is 0.979 bits per heavy atom. The molecule has 2 unspecified atom stereocenters. The summed E-state index contributed by atoms with van der Waals surface area (Å²) in [6.45, 7) is 3.34. The zero-order chi connectivity index (χ0) is 34.1. The van der Waals surface area contributed by atoms with Crippen LogP contribution in [0, 0.1) is 0 Å². The average molecular weight is 690 g/mol. The van der Waals surface area contributed by atoms with Gasteiger partial charge >= 0.3 is 0 Å². The molecular formula is C39H77ClN2O5. The number of amides is 1. The van der Waals surface area contributed by atoms with Crippen molar-refractivity contribution in [3.05, 3.63) is 0 Å². The van der Waals surface area contributed by atoms with Crippen molar-refractivity contribution in [2.24, 2.45) is 0 Å². The third kappa shape index (κ3) is 26.5. The first-order valence-corrected chi connectivity index (χ1v) is 19.7. The van der Waals surface area contributed by atoms with Crippen LogP contribution in [0.5, 0.6) is 0 Å². The Morgan fingerprint density at radius 1 is 0.489 bits per heavy atom. The van der Waals surface area contributed by atoms with E-state index in [0.717, 1.165) is 25.7 Å². The molecule has 0 saturated heterocycles. The molecule has 47 heavy (non-hydrogen) atoms. The number of Topliss-reactive ketones (excluding diaryl/α,β-unsaturated/α-hetero) is 2. The van der Waals surface area contributed by atoms with Crippen LogP contribution in [0.15, 0.2) is 0 Å². The van der Waals surface area contributed by atoms with Gasteiger partial charge in [0.2, 0.25) is 5.91 Å². The first-order chi connectivity index (χ1) is 22.5. The minimum absolute atomic E-state index is 0. The average Bonchev–Trinajstić information content (AvgIpc) is 3.05. The monoisotopic (exact) mass is 689 g/mol. The largest absolute Gasteiger partial charge is 0.394 e. The number of likely N-dealkylation sites (N-methyl/N-ethyl adjacent to an activating group) is 1. The van der Waals surface area contributed by atoms with Gasteiger partial charge in [-0.15, -0.1) is 12.4 Å². The maximum Gasteiger partial charge on any atom is 0.237 e. The molecule has 0 aromatic carbocycles. The number of hydrogen-bond acceptors (Lipinski definition) is 6. The van der Waals surface area contributed by atoms with Crippen molar-refractivity contribution < 1.29 is 24.6 Å². The van der Waals surface area contributed by atoms with Crippen molar-refractivity contribution in [3.63, 3.8) is 0 Å². The van der Waals surface area contributed by atoms with Crippen LogP contribution in [0.4, 0.5) is 0 Å². The topological polar surface area (TPSA) is 107 Å². The summed E-state index contributed by atoms with van der Waals surface area (Å²) in [5, 5.41) is 23.2. The SMILES string of the molecule is CCCCCCCCCCCCCCCC(=O)C(CO)N(C(=O)CNC)C(CO)C(=O)CCCCCCCCCCCCCCC.Cl. The Morgan fingerprint density at radius 2 is 0.745 bits per heavy atom. The molecule has 0 aliphatic heterocycles. The fourth-order valence-electron chi connectivity index (χ4n) is 6.46. The number of halogens is 1. The summed E-state index contributed by atoms with van der Waals surface area (Å²) in [6.07, 6.45) is 32.0. The van der Waals surface area contributed by atoms with Crippen molar-refractivity contribution in [3.8, 4) is 0 Å². The Bertz CT molecular complexity index is 673. The maximum atomic E-state index is 13.2. The van der Waals surface area contributed by atoms with Crippen LogP contribution in [0.3, 0.4) is 0 Å². The molecule has 3 N–H and O–H groups in total. The van der Waals surface area contributed by atoms with E-state index in [-0.39, 0.29) is 43.4 Å². The van der Waals surface area contributed by atoms with E-state index >= 15 is 0 Å². The zero-order valence-electron chi connectivity index (χ0n) is 31.0. The van der Waals surface area contributed by atoms with Crippen molar-refractivity contribution in [1.82, 2.24) is 10.2 Å². The van der Waals surface area contributed by atoms with E-state index in [4.69, 9.17) is 0 Å². The molecule has 7 nitrogen and oxygen atoms in total. The molecule has 0 aromatic heterocycles. The number of nitrogens with one attached hydrogen (secondary N) is 1. The van der Waals surface area contributed by atoms with Gasteiger partial charge in [-0.2, -0.15) is 0 Å². The summed E-state index contributed by atoms with van der Waals surface area (Å²) in [7, 11) is 1.63. The molecule has 0 aliphatic carbocycles. The highest BCUT2D eigenvalue weighted by atomic mass is 35.5. The molecule has 0 aromatic rings. The normalized spacial score (nSPS) is 12.4. The highest BCUT2D eigenvalue weighted by molar-refractivity contribution is 5.94. The van der Waals surface area contributed by atoms with Crippen LogP contribution in [-0.2, 0) is 14.4 Å². The summed E-state index contributed by atoms with van der Waals surface area (Å²) in [6, 6.07) is -2.21. The molecule has 0 bridgehead atoms. The van der Waals surface area contributed by atoms with E-state index in [2.05, 4.69) is 19.2 Å². The fourth-order valence-corrected chi connectivity index (χ4v) is 6.46. The molecule has 0 rings (SSSR count). The minimum Gasteiger partial charge on any atom is -0.394 e. The van der Waals surface area contributed by atoms with Gasteiger partial charge in [0.1, 0.15) is 12.1 Å². The van der Waals surface area contributed by atoms with E-state index < -0.39 is 31.2 Å². The second-order valence-electron chi connectivity index (χ2n) is 13.6. The van der Waals surface area contributed by atoms with Crippen molar-refractivity contribution in [1.29, 1.82) is 0 Å². The highest BCUT2D eigenvalue weighted by Gasteiger charge is 2.37. The molecule has 1 amide bonds. The molecule has 0 aliphatic rings. The molecular weight excluding hydrogens is 612 g/mol. The summed E-state index contributed by atoms with van der Waals surface area (Å²) in [4.78, 5) is 40.6. The van der Waals surface area contributed by atoms with E-state index in [1.165, 1.54) is 133 Å². The van der Waals surface area contributed by atoms with Gasteiger partial charge < -0.3 is 20.4 Å². The predicted octanol–water partition coefficient (Wildman–Crippen LogP) is 9.28. The summed E-state index contributed by atoms with van der Waals surface area (Å²) < 4.78 is 0. The maximum absolute atomic E-state index is 13.2. The van der Waals surface area contributed by atoms with Gasteiger partial charge in [0, 0.05) is 12.8 Å². The van der Waals surface area contributed by atoms with Crippen LogP contribution < -0.4 is 5.32 Å².